The van der Waals surface area contributed by atoms with Crippen molar-refractivity contribution >= 4 is 5.78 Å². The molecule has 3 N–H and O–H groups in total. The van der Waals surface area contributed by atoms with Crippen molar-refractivity contribution in [3.05, 3.63) is 53.6 Å². The van der Waals surface area contributed by atoms with Gasteiger partial charge < -0.3 is 20.1 Å². The minimum atomic E-state index is -0.559. The topological polar surface area (TPSA) is 87.0 Å². The monoisotopic (exact) mass is 274 g/mol. The summed E-state index contributed by atoms with van der Waals surface area (Å²) in [4.78, 5) is 11.9. The second kappa shape index (κ2) is 6.08. The summed E-state index contributed by atoms with van der Waals surface area (Å²) >= 11 is 0. The zero-order valence-electron chi connectivity index (χ0n) is 10.6. The molecule has 2 rings (SSSR count). The normalized spacial score (nSPS) is 10.4. The van der Waals surface area contributed by atoms with Gasteiger partial charge >= 0.3 is 0 Å². The van der Waals surface area contributed by atoms with Gasteiger partial charge in [0.25, 0.3) is 0 Å². The second-order valence-electron chi connectivity index (χ2n) is 4.26. The Hall–Kier alpha value is -2.53. The molecule has 0 saturated heterocycles. The lowest BCUT2D eigenvalue weighted by Gasteiger charge is -2.08. The van der Waals surface area contributed by atoms with Gasteiger partial charge in [-0.25, -0.2) is 0 Å². The number of aromatic hydroxyl groups is 3. The maximum Gasteiger partial charge on any atom is 0.195 e. The number of ketones is 1. The lowest BCUT2D eigenvalue weighted by atomic mass is 10.1. The van der Waals surface area contributed by atoms with Crippen LogP contribution in [0.15, 0.2) is 42.5 Å². The Morgan fingerprint density at radius 3 is 2.20 bits per heavy atom. The van der Waals surface area contributed by atoms with E-state index in [4.69, 9.17) is 9.84 Å². The van der Waals surface area contributed by atoms with Crippen LogP contribution < -0.4 is 0 Å². The molecule has 0 aliphatic heterocycles. The van der Waals surface area contributed by atoms with Gasteiger partial charge in [0.2, 0.25) is 0 Å². The highest BCUT2D eigenvalue weighted by atomic mass is 16.5. The predicted octanol–water partition coefficient (Wildman–Crippen LogP) is 2.20. The molecule has 0 radical (unpaired) electrons. The summed E-state index contributed by atoms with van der Waals surface area (Å²) in [6.45, 7) is -0.0209. The molecule has 104 valence electrons. The summed E-state index contributed by atoms with van der Waals surface area (Å²) < 4.78 is 5.24. The molecular formula is C15H14O5. The van der Waals surface area contributed by atoms with E-state index in [2.05, 4.69) is 0 Å². The Kier molecular flexibility index (Phi) is 4.22. The summed E-state index contributed by atoms with van der Waals surface area (Å²) in [7, 11) is 0. The van der Waals surface area contributed by atoms with Gasteiger partial charge in [-0.2, -0.15) is 0 Å². The first-order valence-electron chi connectivity index (χ1n) is 5.97. The van der Waals surface area contributed by atoms with Gasteiger partial charge in [0.15, 0.2) is 5.78 Å². The van der Waals surface area contributed by atoms with Gasteiger partial charge in [0.05, 0.1) is 6.61 Å². The molecule has 2 aromatic carbocycles. The van der Waals surface area contributed by atoms with Crippen LogP contribution in [0.2, 0.25) is 0 Å². The first kappa shape index (κ1) is 13.9. The first-order valence-corrected chi connectivity index (χ1v) is 5.97. The number of phenolic OH excluding ortho intramolecular Hbond substituents is 3. The zero-order chi connectivity index (χ0) is 14.5. The number of carbonyl (C=O) groups is 1. The molecule has 0 bridgehead atoms. The summed E-state index contributed by atoms with van der Waals surface area (Å²) in [6, 6.07) is 11.3. The first-order chi connectivity index (χ1) is 9.58. The van der Waals surface area contributed by atoms with Crippen LogP contribution in [0.4, 0.5) is 0 Å². The number of hydrogen-bond donors (Lipinski definition) is 3. The van der Waals surface area contributed by atoms with E-state index in [0.29, 0.717) is 0 Å². The van der Waals surface area contributed by atoms with Crippen LogP contribution >= 0.6 is 0 Å². The van der Waals surface area contributed by atoms with Crippen molar-refractivity contribution in [3.8, 4) is 17.2 Å². The van der Waals surface area contributed by atoms with Crippen LogP contribution in [-0.4, -0.2) is 27.7 Å². The molecular weight excluding hydrogens is 260 g/mol. The standard InChI is InChI=1S/C15H14O5/c16-11-6-12(17)15(13(18)7-11)14(19)9-20-8-10-4-2-1-3-5-10/h1-7,16-18H,8-9H2. The lowest BCUT2D eigenvalue weighted by Crippen LogP contribution is -2.09. The highest BCUT2D eigenvalue weighted by Gasteiger charge is 2.17. The average Bonchev–Trinajstić information content (AvgIpc) is 2.38. The Labute approximate surface area is 115 Å². The SMILES string of the molecule is O=C(COCc1ccccc1)c1c(O)cc(O)cc1O. The molecule has 0 unspecified atom stereocenters. The van der Waals surface area contributed by atoms with E-state index in [9.17, 15) is 15.0 Å². The number of hydrogen-bond acceptors (Lipinski definition) is 5. The molecule has 2 aromatic rings. The summed E-state index contributed by atoms with van der Waals surface area (Å²) in [5.74, 6) is -1.83. The summed E-state index contributed by atoms with van der Waals surface area (Å²) in [5, 5.41) is 28.3. The van der Waals surface area contributed by atoms with Crippen molar-refractivity contribution in [2.75, 3.05) is 6.61 Å². The fraction of sp³-hybridized carbons (Fsp3) is 0.133. The fourth-order valence-electron chi connectivity index (χ4n) is 1.79. The second-order valence-corrected chi connectivity index (χ2v) is 4.26. The minimum Gasteiger partial charge on any atom is -0.508 e. The molecule has 0 heterocycles. The van der Waals surface area contributed by atoms with E-state index >= 15 is 0 Å². The molecule has 0 atom stereocenters. The van der Waals surface area contributed by atoms with Crippen LogP contribution in [0.5, 0.6) is 17.2 Å². The maximum atomic E-state index is 11.9. The largest absolute Gasteiger partial charge is 0.508 e. The maximum absolute atomic E-state index is 11.9. The highest BCUT2D eigenvalue weighted by molar-refractivity contribution is 6.02. The van der Waals surface area contributed by atoms with E-state index in [0.717, 1.165) is 17.7 Å². The Bertz CT molecular complexity index is 584. The van der Waals surface area contributed by atoms with E-state index in [-0.39, 0.29) is 24.5 Å². The van der Waals surface area contributed by atoms with Gasteiger partial charge in [0, 0.05) is 12.1 Å². The third-order valence-corrected chi connectivity index (χ3v) is 2.71. The Morgan fingerprint density at radius 1 is 1.00 bits per heavy atom. The molecule has 0 amide bonds. The van der Waals surface area contributed by atoms with E-state index in [1.165, 1.54) is 0 Å². The van der Waals surface area contributed by atoms with Crippen LogP contribution in [0.25, 0.3) is 0 Å². The van der Waals surface area contributed by atoms with Crippen LogP contribution in [-0.2, 0) is 11.3 Å². The van der Waals surface area contributed by atoms with Crippen molar-refractivity contribution in [1.29, 1.82) is 0 Å². The molecule has 5 nitrogen and oxygen atoms in total. The number of Topliss-reactive ketones (excluding diaryl/α,β-unsaturated/α-hetero) is 1. The van der Waals surface area contributed by atoms with Gasteiger partial charge in [0.1, 0.15) is 29.4 Å². The number of rotatable bonds is 5. The summed E-state index contributed by atoms with van der Waals surface area (Å²) in [6.07, 6.45) is 0. The summed E-state index contributed by atoms with van der Waals surface area (Å²) in [5.41, 5.74) is 0.662. The predicted molar refractivity (Wildman–Crippen MR) is 71.9 cm³/mol. The molecule has 5 heteroatoms. The molecule has 0 fully saturated rings. The van der Waals surface area contributed by atoms with E-state index < -0.39 is 17.3 Å². The molecule has 0 aromatic heterocycles. The highest BCUT2D eigenvalue weighted by Crippen LogP contribution is 2.32. The number of benzene rings is 2. The molecule has 0 saturated carbocycles. The smallest absolute Gasteiger partial charge is 0.195 e. The molecule has 20 heavy (non-hydrogen) atoms. The van der Waals surface area contributed by atoms with Crippen LogP contribution in [0.3, 0.4) is 0 Å². The van der Waals surface area contributed by atoms with Crippen LogP contribution in [0, 0.1) is 0 Å². The van der Waals surface area contributed by atoms with Gasteiger partial charge in [-0.05, 0) is 5.56 Å². The Morgan fingerprint density at radius 2 is 1.60 bits per heavy atom. The average molecular weight is 274 g/mol. The van der Waals surface area contributed by atoms with Gasteiger partial charge in [-0.1, -0.05) is 30.3 Å². The Balaban J connectivity index is 1.99. The molecule has 0 aliphatic carbocycles. The zero-order valence-corrected chi connectivity index (χ0v) is 10.6. The third kappa shape index (κ3) is 3.27. The van der Waals surface area contributed by atoms with Crippen molar-refractivity contribution in [3.63, 3.8) is 0 Å². The van der Waals surface area contributed by atoms with Gasteiger partial charge in [-0.3, -0.25) is 4.79 Å². The third-order valence-electron chi connectivity index (χ3n) is 2.71. The molecule has 0 spiro atoms. The van der Waals surface area contributed by atoms with E-state index in [1.54, 1.807) is 0 Å². The fourth-order valence-corrected chi connectivity index (χ4v) is 1.79. The number of carbonyl (C=O) groups excluding carboxylic acids is 1. The minimum absolute atomic E-state index is 0.254. The van der Waals surface area contributed by atoms with E-state index in [1.807, 2.05) is 30.3 Å². The number of phenols is 3. The van der Waals surface area contributed by atoms with Crippen molar-refractivity contribution < 1.29 is 24.9 Å². The number of ether oxygens (including phenoxy) is 1. The lowest BCUT2D eigenvalue weighted by molar-refractivity contribution is 0.0721. The quantitative estimate of drug-likeness (QED) is 0.728. The van der Waals surface area contributed by atoms with Gasteiger partial charge in [-0.15, -0.1) is 0 Å². The van der Waals surface area contributed by atoms with Crippen molar-refractivity contribution in [2.24, 2.45) is 0 Å². The van der Waals surface area contributed by atoms with Crippen LogP contribution in [0.1, 0.15) is 15.9 Å². The molecule has 0 aliphatic rings. The van der Waals surface area contributed by atoms with Crippen molar-refractivity contribution in [1.82, 2.24) is 0 Å². The van der Waals surface area contributed by atoms with Crippen molar-refractivity contribution in [2.45, 2.75) is 6.61 Å².